The van der Waals surface area contributed by atoms with Gasteiger partial charge in [0.1, 0.15) is 0 Å². The van der Waals surface area contributed by atoms with Crippen molar-refractivity contribution >= 4 is 6.22 Å². The average molecular weight is 394 g/mol. The third kappa shape index (κ3) is 12.0. The molecular formula is C5F10O9. The largest absolute Gasteiger partial charge is 0.549 e. The normalized spacial score (nSPS) is 13.9. The van der Waals surface area contributed by atoms with Crippen LogP contribution >= 0.6 is 0 Å². The summed E-state index contributed by atoms with van der Waals surface area (Å²) in [4.78, 5) is 27.9. The molecule has 0 rings (SSSR count). The van der Waals surface area contributed by atoms with Gasteiger partial charge in [-0.1, -0.05) is 4.89 Å². The Hall–Kier alpha value is -1.51. The van der Waals surface area contributed by atoms with Crippen molar-refractivity contribution < 1.29 is 87.8 Å². The maximum atomic E-state index is 12.4. The molecule has 0 saturated carbocycles. The molecule has 0 heterocycles. The van der Waals surface area contributed by atoms with Gasteiger partial charge in [0.05, 0.1) is 0 Å². The highest BCUT2D eigenvalue weighted by molar-refractivity contribution is 5.56. The molecule has 0 aromatic heterocycles. The lowest BCUT2D eigenvalue weighted by Gasteiger charge is -2.19. The first-order chi connectivity index (χ1) is 10.5. The summed E-state index contributed by atoms with van der Waals surface area (Å²) in [7, 11) is 0. The molecule has 0 aliphatic rings. The third-order valence-electron chi connectivity index (χ3n) is 0.909. The van der Waals surface area contributed by atoms with Gasteiger partial charge in [-0.25, -0.2) is 4.79 Å². The number of carbonyl (C=O) groups is 1. The summed E-state index contributed by atoms with van der Waals surface area (Å²) >= 11 is 0. The molecule has 0 N–H and O–H groups in total. The lowest BCUT2D eigenvalue weighted by molar-refractivity contribution is -0.706. The van der Waals surface area contributed by atoms with Crippen molar-refractivity contribution in [3.8, 4) is 0 Å². The Labute approximate surface area is 121 Å². The molecule has 24 heavy (non-hydrogen) atoms. The van der Waals surface area contributed by atoms with Crippen LogP contribution in [-0.2, 0) is 39.1 Å². The zero-order valence-electron chi connectivity index (χ0n) is 9.95. The second-order valence-corrected chi connectivity index (χ2v) is 2.74. The lowest BCUT2D eigenvalue weighted by atomic mass is 11.2. The molecule has 0 radical (unpaired) electrons. The molecule has 0 aromatic rings. The SMILES string of the molecule is O=C(F)OOC(F)(F)OOC(F)(F)OOC(F)(F)OOC(F)(F)F. The van der Waals surface area contributed by atoms with Crippen LogP contribution in [0.15, 0.2) is 0 Å². The Morgan fingerprint density at radius 1 is 0.542 bits per heavy atom. The molecule has 0 unspecified atom stereocenters. The maximum absolute atomic E-state index is 12.4. The van der Waals surface area contributed by atoms with E-state index in [1.807, 2.05) is 4.89 Å². The number of rotatable bonds is 10. The zero-order valence-corrected chi connectivity index (χ0v) is 9.95. The first-order valence-corrected chi connectivity index (χ1v) is 4.39. The minimum atomic E-state index is -5.80. The molecule has 0 atom stereocenters. The van der Waals surface area contributed by atoms with Crippen LogP contribution in [0.5, 0.6) is 0 Å². The molecule has 0 aromatic carbocycles. The third-order valence-corrected chi connectivity index (χ3v) is 0.909. The van der Waals surface area contributed by atoms with Gasteiger partial charge in [-0.3, -0.25) is 4.89 Å². The molecule has 9 nitrogen and oxygen atoms in total. The lowest BCUT2D eigenvalue weighted by Crippen LogP contribution is -2.37. The monoisotopic (exact) mass is 394 g/mol. The van der Waals surface area contributed by atoms with Crippen molar-refractivity contribution in [2.75, 3.05) is 0 Å². The Morgan fingerprint density at radius 3 is 1.12 bits per heavy atom. The van der Waals surface area contributed by atoms with Gasteiger partial charge in [-0.05, 0) is 0 Å². The topological polar surface area (TPSA) is 90.9 Å². The van der Waals surface area contributed by atoms with Crippen molar-refractivity contribution in [2.24, 2.45) is 0 Å². The first-order valence-electron chi connectivity index (χ1n) is 4.39. The van der Waals surface area contributed by atoms with E-state index in [4.69, 9.17) is 0 Å². The molecule has 0 aliphatic carbocycles. The van der Waals surface area contributed by atoms with E-state index < -0.39 is 31.5 Å². The van der Waals surface area contributed by atoms with E-state index in [2.05, 4.69) is 34.2 Å². The van der Waals surface area contributed by atoms with E-state index in [1.165, 1.54) is 0 Å². The van der Waals surface area contributed by atoms with Gasteiger partial charge in [0.15, 0.2) is 0 Å². The van der Waals surface area contributed by atoms with Crippen LogP contribution in [0.4, 0.5) is 48.7 Å². The van der Waals surface area contributed by atoms with Crippen molar-refractivity contribution in [3.05, 3.63) is 0 Å². The van der Waals surface area contributed by atoms with Crippen molar-refractivity contribution in [2.45, 2.75) is 25.2 Å². The summed E-state index contributed by atoms with van der Waals surface area (Å²) in [6.07, 6.45) is -25.5. The molecule has 0 spiro atoms. The van der Waals surface area contributed by atoms with Crippen LogP contribution in [0.1, 0.15) is 0 Å². The predicted molar refractivity (Wildman–Crippen MR) is 36.1 cm³/mol. The second-order valence-electron chi connectivity index (χ2n) is 2.74. The van der Waals surface area contributed by atoms with Gasteiger partial charge < -0.3 is 0 Å². The summed E-state index contributed by atoms with van der Waals surface area (Å²) < 4.78 is 119. The van der Waals surface area contributed by atoms with Gasteiger partial charge in [-0.2, -0.15) is 0 Å². The average Bonchev–Trinajstić information content (AvgIpc) is 2.39. The van der Waals surface area contributed by atoms with Gasteiger partial charge in [0.25, 0.3) is 0 Å². The standard InChI is InChI=1S/C5F10O9/c6-1(16)17-19-3(10,11)21-23-5(14,15)24-22-4(12,13)20-18-2(7,8)9. The zero-order chi connectivity index (χ0) is 19.2. The van der Waals surface area contributed by atoms with Crippen LogP contribution in [0.25, 0.3) is 0 Å². The molecule has 19 heteroatoms. The quantitative estimate of drug-likeness (QED) is 0.182. The highest BCUT2D eigenvalue weighted by Gasteiger charge is 2.50. The number of halogens is 10. The molecule has 0 bridgehead atoms. The van der Waals surface area contributed by atoms with E-state index in [1.54, 1.807) is 0 Å². The highest BCUT2D eigenvalue weighted by atomic mass is 19.4. The maximum Gasteiger partial charge on any atom is 0.549 e. The van der Waals surface area contributed by atoms with E-state index in [-0.39, 0.29) is 0 Å². The predicted octanol–water partition coefficient (Wildman–Crippen LogP) is 3.04. The Kier molecular flexibility index (Phi) is 7.54. The van der Waals surface area contributed by atoms with Gasteiger partial charge >= 0.3 is 31.5 Å². The number of hydrogen-bond acceptors (Lipinski definition) is 9. The summed E-state index contributed by atoms with van der Waals surface area (Å²) in [6.45, 7) is 0. The van der Waals surface area contributed by atoms with Gasteiger partial charge in [0.2, 0.25) is 0 Å². The minimum Gasteiger partial charge on any atom is -0.257 e. The fraction of sp³-hybridized carbons (Fsp3) is 0.800. The molecule has 0 saturated heterocycles. The van der Waals surface area contributed by atoms with E-state index in [0.717, 1.165) is 0 Å². The Bertz CT molecular complexity index is 410. The smallest absolute Gasteiger partial charge is 0.257 e. The van der Waals surface area contributed by atoms with E-state index in [9.17, 15) is 48.7 Å². The minimum absolute atomic E-state index is 2.03. The van der Waals surface area contributed by atoms with E-state index >= 15 is 0 Å². The first kappa shape index (κ1) is 22.5. The summed E-state index contributed by atoms with van der Waals surface area (Å²) in [6, 6.07) is 0. The molecule has 0 aliphatic heterocycles. The van der Waals surface area contributed by atoms with Crippen LogP contribution in [0.2, 0.25) is 0 Å². The van der Waals surface area contributed by atoms with Crippen molar-refractivity contribution in [3.63, 3.8) is 0 Å². The molecule has 0 fully saturated rings. The molecular weight excluding hydrogens is 394 g/mol. The van der Waals surface area contributed by atoms with Gasteiger partial charge in [0, 0.05) is 0 Å². The van der Waals surface area contributed by atoms with Crippen LogP contribution in [0.3, 0.4) is 0 Å². The summed E-state index contributed by atoms with van der Waals surface area (Å²) in [5.41, 5.74) is 0. The van der Waals surface area contributed by atoms with Crippen LogP contribution in [-0.4, -0.2) is 31.5 Å². The van der Waals surface area contributed by atoms with Crippen LogP contribution < -0.4 is 0 Å². The van der Waals surface area contributed by atoms with E-state index in [0.29, 0.717) is 0 Å². The second kappa shape index (κ2) is 8.04. The van der Waals surface area contributed by atoms with Gasteiger partial charge in [-0.15, -0.1) is 73.2 Å². The highest BCUT2D eigenvalue weighted by Crippen LogP contribution is 2.30. The van der Waals surface area contributed by atoms with Crippen molar-refractivity contribution in [1.82, 2.24) is 0 Å². The Morgan fingerprint density at radius 2 is 0.833 bits per heavy atom. The fourth-order valence-electron chi connectivity index (χ4n) is 0.413. The van der Waals surface area contributed by atoms with Crippen LogP contribution in [0, 0.1) is 0 Å². The molecule has 0 amide bonds. The summed E-state index contributed by atoms with van der Waals surface area (Å²) in [5.74, 6) is 0. The molecule has 144 valence electrons. The van der Waals surface area contributed by atoms with Crippen molar-refractivity contribution in [1.29, 1.82) is 0 Å². The summed E-state index contributed by atoms with van der Waals surface area (Å²) in [5, 5.41) is 0. The number of alkyl halides is 9. The number of hydrogen-bond donors (Lipinski definition) is 0. The Balaban J connectivity index is 4.35. The fourth-order valence-corrected chi connectivity index (χ4v) is 0.413. The number of carbonyl (C=O) groups excluding carboxylic acids is 1.